The van der Waals surface area contributed by atoms with Crippen LogP contribution < -0.4 is 10.6 Å². The molecule has 1 amide bonds. The molecule has 1 saturated carbocycles. The number of nitrogens with one attached hydrogen (secondary N) is 2. The first-order valence-corrected chi connectivity index (χ1v) is 7.71. The molecule has 0 aromatic heterocycles. The Labute approximate surface area is 126 Å². The van der Waals surface area contributed by atoms with Crippen molar-refractivity contribution in [2.75, 3.05) is 6.54 Å². The molecular formula is C16H23ClN2O. The van der Waals surface area contributed by atoms with Crippen LogP contribution in [0.4, 0.5) is 0 Å². The lowest BCUT2D eigenvalue weighted by Crippen LogP contribution is -2.42. The molecule has 20 heavy (non-hydrogen) atoms. The molecule has 1 aromatic rings. The fourth-order valence-corrected chi connectivity index (χ4v) is 2.92. The second-order valence-electron chi connectivity index (χ2n) is 5.81. The minimum atomic E-state index is 0.120. The minimum absolute atomic E-state index is 0.120. The Bertz CT molecular complexity index is 456. The van der Waals surface area contributed by atoms with Gasteiger partial charge >= 0.3 is 0 Å². The lowest BCUT2D eigenvalue weighted by molar-refractivity contribution is -0.121. The zero-order chi connectivity index (χ0) is 14.5. The summed E-state index contributed by atoms with van der Waals surface area (Å²) in [5, 5.41) is 7.20. The number of hydrogen-bond donors (Lipinski definition) is 2. The van der Waals surface area contributed by atoms with Crippen molar-refractivity contribution in [3.8, 4) is 0 Å². The standard InChI is InChI=1S/C16H23ClN2O/c1-11(2)19-16(20)7-8-18-13-9-12(10-13)14-5-3-4-6-15(14)17/h3-6,11-13,18H,7-10H2,1-2H3,(H,19,20). The molecule has 1 aliphatic rings. The first-order chi connectivity index (χ1) is 9.56. The third kappa shape index (κ3) is 4.22. The topological polar surface area (TPSA) is 41.1 Å². The van der Waals surface area contributed by atoms with Crippen LogP contribution in [0.5, 0.6) is 0 Å². The number of carbonyl (C=O) groups is 1. The molecule has 110 valence electrons. The quantitative estimate of drug-likeness (QED) is 0.846. The van der Waals surface area contributed by atoms with Crippen molar-refractivity contribution in [1.29, 1.82) is 0 Å². The summed E-state index contributed by atoms with van der Waals surface area (Å²) in [7, 11) is 0. The predicted molar refractivity (Wildman–Crippen MR) is 83.1 cm³/mol. The molecule has 0 bridgehead atoms. The highest BCUT2D eigenvalue weighted by Gasteiger charge is 2.30. The number of carbonyl (C=O) groups excluding carboxylic acids is 1. The maximum Gasteiger partial charge on any atom is 0.221 e. The van der Waals surface area contributed by atoms with Crippen LogP contribution in [-0.4, -0.2) is 24.5 Å². The second kappa shape index (κ2) is 7.09. The molecule has 0 heterocycles. The number of benzene rings is 1. The predicted octanol–water partition coefficient (Wildman–Crippen LogP) is 3.09. The summed E-state index contributed by atoms with van der Waals surface area (Å²) in [5.41, 5.74) is 1.25. The summed E-state index contributed by atoms with van der Waals surface area (Å²) >= 11 is 6.20. The minimum Gasteiger partial charge on any atom is -0.354 e. The molecule has 3 nitrogen and oxygen atoms in total. The molecule has 1 fully saturated rings. The van der Waals surface area contributed by atoms with Gasteiger partial charge in [0.2, 0.25) is 5.91 Å². The van der Waals surface area contributed by atoms with Crippen molar-refractivity contribution in [2.45, 2.75) is 51.1 Å². The van der Waals surface area contributed by atoms with E-state index in [0.717, 1.165) is 24.4 Å². The molecule has 1 aromatic carbocycles. The van der Waals surface area contributed by atoms with Crippen LogP contribution >= 0.6 is 11.6 Å². The van der Waals surface area contributed by atoms with Gasteiger partial charge in [-0.3, -0.25) is 4.79 Å². The van der Waals surface area contributed by atoms with E-state index in [9.17, 15) is 4.79 Å². The molecule has 2 rings (SSSR count). The van der Waals surface area contributed by atoms with E-state index in [-0.39, 0.29) is 11.9 Å². The summed E-state index contributed by atoms with van der Waals surface area (Å²) in [4.78, 5) is 11.5. The highest BCUT2D eigenvalue weighted by Crippen LogP contribution is 2.39. The molecule has 0 saturated heterocycles. The third-order valence-electron chi connectivity index (χ3n) is 3.72. The van der Waals surface area contributed by atoms with E-state index in [0.29, 0.717) is 18.4 Å². The molecule has 1 aliphatic carbocycles. The average molecular weight is 295 g/mol. The lowest BCUT2D eigenvalue weighted by Gasteiger charge is -2.36. The third-order valence-corrected chi connectivity index (χ3v) is 4.06. The first-order valence-electron chi connectivity index (χ1n) is 7.33. The van der Waals surface area contributed by atoms with Gasteiger partial charge in [-0.05, 0) is 44.2 Å². The van der Waals surface area contributed by atoms with Crippen molar-refractivity contribution in [2.24, 2.45) is 0 Å². The molecule has 2 N–H and O–H groups in total. The fourth-order valence-electron chi connectivity index (χ4n) is 2.63. The highest BCUT2D eigenvalue weighted by atomic mass is 35.5. The summed E-state index contributed by atoms with van der Waals surface area (Å²) < 4.78 is 0. The summed E-state index contributed by atoms with van der Waals surface area (Å²) in [6, 6.07) is 8.80. The number of rotatable bonds is 6. The number of hydrogen-bond acceptors (Lipinski definition) is 2. The van der Waals surface area contributed by atoms with Crippen LogP contribution in [-0.2, 0) is 4.79 Å². The molecule has 0 atom stereocenters. The molecule has 0 aliphatic heterocycles. The van der Waals surface area contributed by atoms with Gasteiger partial charge in [0, 0.05) is 30.1 Å². The largest absolute Gasteiger partial charge is 0.354 e. The summed E-state index contributed by atoms with van der Waals surface area (Å²) in [6.45, 7) is 4.70. The van der Waals surface area contributed by atoms with Crippen molar-refractivity contribution in [3.05, 3.63) is 34.9 Å². The van der Waals surface area contributed by atoms with E-state index in [4.69, 9.17) is 11.6 Å². The molecule has 0 unspecified atom stereocenters. The van der Waals surface area contributed by atoms with E-state index in [1.54, 1.807) is 0 Å². The van der Waals surface area contributed by atoms with Gasteiger partial charge in [-0.1, -0.05) is 29.8 Å². The SMILES string of the molecule is CC(C)NC(=O)CCNC1CC(c2ccccc2Cl)C1. The van der Waals surface area contributed by atoms with Crippen LogP contribution in [0.15, 0.2) is 24.3 Å². The highest BCUT2D eigenvalue weighted by molar-refractivity contribution is 6.31. The molecule has 0 spiro atoms. The Morgan fingerprint density at radius 1 is 1.35 bits per heavy atom. The maximum absolute atomic E-state index is 11.5. The van der Waals surface area contributed by atoms with Crippen LogP contribution in [0.1, 0.15) is 44.6 Å². The lowest BCUT2D eigenvalue weighted by atomic mass is 9.76. The van der Waals surface area contributed by atoms with E-state index >= 15 is 0 Å². The zero-order valence-electron chi connectivity index (χ0n) is 12.2. The van der Waals surface area contributed by atoms with E-state index in [1.807, 2.05) is 32.0 Å². The molecular weight excluding hydrogens is 272 g/mol. The Balaban J connectivity index is 1.65. The van der Waals surface area contributed by atoms with Gasteiger partial charge in [0.15, 0.2) is 0 Å². The van der Waals surface area contributed by atoms with Crippen molar-refractivity contribution in [1.82, 2.24) is 10.6 Å². The molecule has 4 heteroatoms. The van der Waals surface area contributed by atoms with Crippen LogP contribution in [0.2, 0.25) is 5.02 Å². The monoisotopic (exact) mass is 294 g/mol. The average Bonchev–Trinajstić information content (AvgIpc) is 2.32. The van der Waals surface area contributed by atoms with Gasteiger partial charge in [0.05, 0.1) is 0 Å². The summed E-state index contributed by atoms with van der Waals surface area (Å²) in [6.07, 6.45) is 2.76. The molecule has 0 radical (unpaired) electrons. The van der Waals surface area contributed by atoms with Crippen molar-refractivity contribution < 1.29 is 4.79 Å². The van der Waals surface area contributed by atoms with Crippen LogP contribution in [0.25, 0.3) is 0 Å². The van der Waals surface area contributed by atoms with Gasteiger partial charge in [0.1, 0.15) is 0 Å². The smallest absolute Gasteiger partial charge is 0.221 e. The summed E-state index contributed by atoms with van der Waals surface area (Å²) in [5.74, 6) is 0.681. The first kappa shape index (κ1) is 15.3. The van der Waals surface area contributed by atoms with Crippen LogP contribution in [0.3, 0.4) is 0 Å². The number of amides is 1. The van der Waals surface area contributed by atoms with E-state index in [2.05, 4.69) is 16.7 Å². The van der Waals surface area contributed by atoms with Gasteiger partial charge in [-0.15, -0.1) is 0 Å². The number of halogens is 1. The Hall–Kier alpha value is -1.06. The van der Waals surface area contributed by atoms with E-state index in [1.165, 1.54) is 5.56 Å². The Kier molecular flexibility index (Phi) is 5.44. The maximum atomic E-state index is 11.5. The van der Waals surface area contributed by atoms with Crippen molar-refractivity contribution >= 4 is 17.5 Å². The van der Waals surface area contributed by atoms with Gasteiger partial charge < -0.3 is 10.6 Å². The fraction of sp³-hybridized carbons (Fsp3) is 0.562. The van der Waals surface area contributed by atoms with Gasteiger partial charge in [-0.25, -0.2) is 0 Å². The van der Waals surface area contributed by atoms with E-state index < -0.39 is 0 Å². The zero-order valence-corrected chi connectivity index (χ0v) is 12.9. The Morgan fingerprint density at radius 2 is 2.05 bits per heavy atom. The Morgan fingerprint density at radius 3 is 2.70 bits per heavy atom. The van der Waals surface area contributed by atoms with Gasteiger partial charge in [-0.2, -0.15) is 0 Å². The van der Waals surface area contributed by atoms with Crippen molar-refractivity contribution in [3.63, 3.8) is 0 Å². The van der Waals surface area contributed by atoms with Gasteiger partial charge in [0.25, 0.3) is 0 Å². The van der Waals surface area contributed by atoms with Crippen LogP contribution in [0, 0.1) is 0 Å². The normalized spacial score (nSPS) is 21.6. The second-order valence-corrected chi connectivity index (χ2v) is 6.22.